The third kappa shape index (κ3) is 5.46. The zero-order valence-electron chi connectivity index (χ0n) is 31.3. The summed E-state index contributed by atoms with van der Waals surface area (Å²) in [5.41, 5.74) is 11.7. The molecule has 1 aliphatic carbocycles. The number of aliphatic imine (C=N–C) groups is 1. The Kier molecular flexibility index (Phi) is 8.24. The van der Waals surface area contributed by atoms with Crippen LogP contribution in [0.25, 0.3) is 38.8 Å². The Hall–Kier alpha value is -4.99. The first kappa shape index (κ1) is 34.8. The molecule has 7 aromatic rings. The summed E-state index contributed by atoms with van der Waals surface area (Å²) in [6.45, 7) is 11.4. The zero-order chi connectivity index (χ0) is 36.1. The Morgan fingerprint density at radius 3 is 2.37 bits per heavy atom. The summed E-state index contributed by atoms with van der Waals surface area (Å²) in [7, 11) is 0. The van der Waals surface area contributed by atoms with Gasteiger partial charge in [0.15, 0.2) is 0 Å². The van der Waals surface area contributed by atoms with Gasteiger partial charge in [0.2, 0.25) is 0 Å². The summed E-state index contributed by atoms with van der Waals surface area (Å²) >= 11 is 0. The van der Waals surface area contributed by atoms with Gasteiger partial charge in [-0.05, 0) is 82.1 Å². The molecule has 0 saturated heterocycles. The second-order valence-electron chi connectivity index (χ2n) is 16.4. The number of benzene rings is 5. The molecule has 10 rings (SSSR count). The molecule has 0 N–H and O–H groups in total. The fourth-order valence-corrected chi connectivity index (χ4v) is 8.77. The number of hydrogen-bond donors (Lipinski definition) is 0. The maximum Gasteiger partial charge on any atom is 2.00 e. The van der Waals surface area contributed by atoms with Crippen molar-refractivity contribution >= 4 is 44.8 Å². The maximum absolute atomic E-state index is 6.55. The smallest absolute Gasteiger partial charge is 0.515 e. The molecule has 2 aromatic heterocycles. The van der Waals surface area contributed by atoms with Crippen molar-refractivity contribution < 1.29 is 25.8 Å². The Bertz CT molecular complexity index is 2610. The number of ether oxygens (including phenoxy) is 1. The van der Waals surface area contributed by atoms with Crippen LogP contribution in [-0.4, -0.2) is 27.6 Å². The summed E-state index contributed by atoms with van der Waals surface area (Å²) in [5, 5.41) is 2.35. The molecule has 4 heterocycles. The van der Waals surface area contributed by atoms with Crippen molar-refractivity contribution in [2.75, 3.05) is 4.90 Å². The molecule has 1 saturated carbocycles. The van der Waals surface area contributed by atoms with Gasteiger partial charge in [-0.1, -0.05) is 124 Å². The van der Waals surface area contributed by atoms with Gasteiger partial charge in [-0.2, -0.15) is 6.07 Å². The number of hydrogen-bond acceptors (Lipinski definition) is 4. The van der Waals surface area contributed by atoms with E-state index in [0.29, 0.717) is 5.90 Å². The van der Waals surface area contributed by atoms with Crippen LogP contribution in [0.1, 0.15) is 76.1 Å². The standard InChI is InChI=1S/C48H42N4O.Pt/c1-47(2,3)33-22-23-49-45(27-33)52-40-19-11-9-16-35(40)36-28-38-43(29-42(36)52)51(41-20-12-10-17-37(41)48(38,4)5)34-25-31(30-14-7-6-8-15-30)24-32(26-34)46-50-39-18-13-21-44(39)53-46;/h6-12,14-17,19-20,22-25,27-28,39,44H,13,18,21H2,1-5H3;/q-2;+2/t39-,44+;/m1./s1. The Morgan fingerprint density at radius 1 is 0.778 bits per heavy atom. The minimum absolute atomic E-state index is 0. The van der Waals surface area contributed by atoms with Crippen LogP contribution in [0, 0.1) is 12.1 Å². The van der Waals surface area contributed by atoms with Crippen molar-refractivity contribution in [1.82, 2.24) is 9.55 Å². The molecule has 1 fully saturated rings. The molecule has 2 aliphatic heterocycles. The second kappa shape index (κ2) is 12.8. The molecule has 0 amide bonds. The normalized spacial score (nSPS) is 18.5. The number of nitrogens with zero attached hydrogens (tertiary/aromatic N) is 4. The van der Waals surface area contributed by atoms with Crippen LogP contribution < -0.4 is 4.90 Å². The quantitative estimate of drug-likeness (QED) is 0.165. The molecule has 0 bridgehead atoms. The molecule has 5 aromatic carbocycles. The van der Waals surface area contributed by atoms with E-state index < -0.39 is 0 Å². The van der Waals surface area contributed by atoms with E-state index in [1.54, 1.807) is 0 Å². The van der Waals surface area contributed by atoms with Crippen LogP contribution in [0.5, 0.6) is 0 Å². The van der Waals surface area contributed by atoms with Crippen LogP contribution in [0.2, 0.25) is 0 Å². The SMILES string of the molecule is CC(C)(C)c1ccnc(-n2c3[c-]c4c(cc3c3ccccc32)C(C)(C)c2ccccc2N4c2[c-]c(C3=N[C@@H]4CCC[C@@H]4O3)cc(-c3ccccc3)c2)c1.[Pt+2]. The predicted molar refractivity (Wildman–Crippen MR) is 216 cm³/mol. The molecular formula is C48H42N4OPt. The van der Waals surface area contributed by atoms with E-state index in [2.05, 4.69) is 165 Å². The second-order valence-corrected chi connectivity index (χ2v) is 16.4. The van der Waals surface area contributed by atoms with Gasteiger partial charge in [0.25, 0.3) is 0 Å². The van der Waals surface area contributed by atoms with Gasteiger partial charge < -0.3 is 14.2 Å². The van der Waals surface area contributed by atoms with E-state index in [0.717, 1.165) is 68.8 Å². The van der Waals surface area contributed by atoms with Crippen molar-refractivity contribution in [2.24, 2.45) is 4.99 Å². The van der Waals surface area contributed by atoms with Crippen LogP contribution in [0.15, 0.2) is 120 Å². The van der Waals surface area contributed by atoms with Crippen LogP contribution >= 0.6 is 0 Å². The Morgan fingerprint density at radius 2 is 1.56 bits per heavy atom. The van der Waals surface area contributed by atoms with Gasteiger partial charge in [-0.3, -0.25) is 4.99 Å². The molecule has 0 radical (unpaired) electrons. The average Bonchev–Trinajstić information content (AvgIpc) is 3.87. The number of para-hydroxylation sites is 2. The molecule has 5 nitrogen and oxygen atoms in total. The van der Waals surface area contributed by atoms with Crippen LogP contribution in [-0.2, 0) is 36.6 Å². The average molecular weight is 886 g/mol. The minimum atomic E-state index is -0.295. The van der Waals surface area contributed by atoms with E-state index >= 15 is 0 Å². The molecule has 54 heavy (non-hydrogen) atoms. The van der Waals surface area contributed by atoms with Gasteiger partial charge in [-0.25, -0.2) is 4.98 Å². The third-order valence-electron chi connectivity index (χ3n) is 11.6. The fourth-order valence-electron chi connectivity index (χ4n) is 8.77. The summed E-state index contributed by atoms with van der Waals surface area (Å²) in [6.07, 6.45) is 5.40. The van der Waals surface area contributed by atoms with E-state index in [1.807, 2.05) is 6.20 Å². The molecule has 2 atom stereocenters. The van der Waals surface area contributed by atoms with E-state index in [9.17, 15) is 0 Å². The Balaban J connectivity index is 0.00000384. The monoisotopic (exact) mass is 885 g/mol. The van der Waals surface area contributed by atoms with Crippen molar-refractivity contribution in [1.29, 1.82) is 0 Å². The van der Waals surface area contributed by atoms with Crippen molar-refractivity contribution in [3.8, 4) is 16.9 Å². The first-order chi connectivity index (χ1) is 25.6. The third-order valence-corrected chi connectivity index (χ3v) is 11.6. The van der Waals surface area contributed by atoms with E-state index in [-0.39, 0.29) is 44.0 Å². The number of fused-ring (bicyclic) bond motifs is 6. The molecule has 6 heteroatoms. The summed E-state index contributed by atoms with van der Waals surface area (Å²) in [6, 6.07) is 47.4. The van der Waals surface area contributed by atoms with Gasteiger partial charge in [-0.15, -0.1) is 35.2 Å². The number of anilines is 3. The van der Waals surface area contributed by atoms with Gasteiger partial charge >= 0.3 is 21.1 Å². The van der Waals surface area contributed by atoms with Crippen LogP contribution in [0.4, 0.5) is 17.1 Å². The van der Waals surface area contributed by atoms with E-state index in [1.165, 1.54) is 28.5 Å². The molecular weight excluding hydrogens is 844 g/mol. The fraction of sp³-hybridized carbons (Fsp3) is 0.250. The summed E-state index contributed by atoms with van der Waals surface area (Å²) in [5.74, 6) is 1.60. The Labute approximate surface area is 332 Å². The first-order valence-corrected chi connectivity index (χ1v) is 18.9. The van der Waals surface area contributed by atoms with Crippen LogP contribution in [0.3, 0.4) is 0 Å². The topological polar surface area (TPSA) is 42.7 Å². The van der Waals surface area contributed by atoms with Crippen molar-refractivity contribution in [3.05, 3.63) is 150 Å². The molecule has 0 unspecified atom stereocenters. The number of rotatable bonds is 4. The summed E-state index contributed by atoms with van der Waals surface area (Å²) < 4.78 is 8.84. The minimum Gasteiger partial charge on any atom is -0.515 e. The maximum atomic E-state index is 6.55. The molecule has 3 aliphatic rings. The first-order valence-electron chi connectivity index (χ1n) is 18.9. The van der Waals surface area contributed by atoms with Gasteiger partial charge in [0.1, 0.15) is 17.8 Å². The van der Waals surface area contributed by atoms with Gasteiger partial charge in [0, 0.05) is 17.4 Å². The molecule has 270 valence electrons. The van der Waals surface area contributed by atoms with E-state index in [4.69, 9.17) is 14.7 Å². The zero-order valence-corrected chi connectivity index (χ0v) is 33.5. The number of pyridine rings is 1. The molecule has 0 spiro atoms. The van der Waals surface area contributed by atoms with Crippen molar-refractivity contribution in [3.63, 3.8) is 0 Å². The largest absolute Gasteiger partial charge is 2.00 e. The summed E-state index contributed by atoms with van der Waals surface area (Å²) in [4.78, 5) is 12.4. The van der Waals surface area contributed by atoms with Crippen molar-refractivity contribution in [2.45, 2.75) is 76.9 Å². The number of aromatic nitrogens is 2. The predicted octanol–water partition coefficient (Wildman–Crippen LogP) is 11.5. The van der Waals surface area contributed by atoms with Gasteiger partial charge in [0.05, 0.1) is 6.04 Å².